The molecule has 5 atom stereocenters. The molecule has 1 aliphatic heterocycles. The molecule has 0 unspecified atom stereocenters. The van der Waals surface area contributed by atoms with Crippen LogP contribution >= 0.6 is 0 Å². The molecule has 3 fully saturated rings. The fourth-order valence-electron chi connectivity index (χ4n) is 5.98. The molecule has 238 valence electrons. The van der Waals surface area contributed by atoms with E-state index in [1.54, 1.807) is 19.4 Å². The zero-order valence-corrected chi connectivity index (χ0v) is 27.2. The Labute approximate surface area is 259 Å². The molecular formula is C33H43N3O7S. The molecule has 2 aliphatic carbocycles. The second-order valence-corrected chi connectivity index (χ2v) is 16.0. The lowest BCUT2D eigenvalue weighted by molar-refractivity contribution is -0.144. The first kappa shape index (κ1) is 31.9. The highest BCUT2D eigenvalue weighted by molar-refractivity contribution is 7.93. The van der Waals surface area contributed by atoms with Crippen LogP contribution in [-0.4, -0.2) is 78.2 Å². The van der Waals surface area contributed by atoms with E-state index in [0.29, 0.717) is 24.5 Å². The number of amides is 2. The minimum Gasteiger partial charge on any atom is -0.494 e. The van der Waals surface area contributed by atoms with E-state index >= 15 is 0 Å². The summed E-state index contributed by atoms with van der Waals surface area (Å²) in [4.78, 5) is 47.3. The molecule has 1 saturated heterocycles. The summed E-state index contributed by atoms with van der Waals surface area (Å²) in [5, 5.41) is 3.99. The Balaban J connectivity index is 1.42. The summed E-state index contributed by atoms with van der Waals surface area (Å²) in [6.07, 6.45) is 4.19. The van der Waals surface area contributed by atoms with Gasteiger partial charge in [0.2, 0.25) is 17.7 Å². The minimum absolute atomic E-state index is 0.153. The third-order valence-electron chi connectivity index (χ3n) is 9.49. The molecule has 11 heteroatoms. The maximum absolute atomic E-state index is 14.0. The molecule has 0 spiro atoms. The molecule has 1 aromatic heterocycles. The van der Waals surface area contributed by atoms with Crippen molar-refractivity contribution in [3.8, 4) is 11.6 Å². The van der Waals surface area contributed by atoms with Gasteiger partial charge in [0.05, 0.1) is 25.1 Å². The number of fused-ring (bicyclic) bond motifs is 1. The first-order valence-electron chi connectivity index (χ1n) is 15.2. The maximum atomic E-state index is 14.0. The number of carbonyl (C=O) groups is 3. The summed E-state index contributed by atoms with van der Waals surface area (Å²) in [5.41, 5.74) is -0.687. The molecule has 1 N–H and O–H groups in total. The molecule has 10 nitrogen and oxygen atoms in total. The second kappa shape index (κ2) is 11.5. The van der Waals surface area contributed by atoms with Gasteiger partial charge in [-0.2, -0.15) is 0 Å². The lowest BCUT2D eigenvalue weighted by Gasteiger charge is -2.33. The predicted molar refractivity (Wildman–Crippen MR) is 167 cm³/mol. The number of ether oxygens (including phenoxy) is 2. The van der Waals surface area contributed by atoms with Crippen LogP contribution in [0.1, 0.15) is 58.9 Å². The first-order chi connectivity index (χ1) is 20.6. The van der Waals surface area contributed by atoms with Crippen molar-refractivity contribution in [2.45, 2.75) is 83.2 Å². The van der Waals surface area contributed by atoms with Gasteiger partial charge in [0.15, 0.2) is 15.6 Å². The summed E-state index contributed by atoms with van der Waals surface area (Å²) >= 11 is 0. The number of ketones is 1. The monoisotopic (exact) mass is 625 g/mol. The van der Waals surface area contributed by atoms with Gasteiger partial charge in [0.1, 0.15) is 29.2 Å². The molecule has 3 aliphatic rings. The molecule has 5 rings (SSSR count). The van der Waals surface area contributed by atoms with Crippen LogP contribution in [0.4, 0.5) is 0 Å². The topological polar surface area (TPSA) is 132 Å². The Morgan fingerprint density at radius 2 is 1.93 bits per heavy atom. The standard InChI is InChI=1S/C33H43N3O7S/c1-8-21-15-33(21,28(37)18-44(40,41)23-10-11-23)35-29(38)26-14-22(17-36(26)31(39)20(3)32(4,5)6)43-30-25-13-19(2)9-12-24(25)27(42-7)16-34-30/h8-9,12-13,16,20-23,26H,1,10-11,14-15,17-18H2,2-7H3,(H,35,38)/t20-,21-,22-,26+,33-/m1/s1. The van der Waals surface area contributed by atoms with E-state index in [2.05, 4.69) is 16.9 Å². The Morgan fingerprint density at radius 3 is 2.52 bits per heavy atom. The quantitative estimate of drug-likeness (QED) is 0.373. The molecule has 2 heterocycles. The van der Waals surface area contributed by atoms with E-state index in [0.717, 1.165) is 16.3 Å². The van der Waals surface area contributed by atoms with Crippen LogP contribution in [0.2, 0.25) is 0 Å². The highest BCUT2D eigenvalue weighted by atomic mass is 32.2. The van der Waals surface area contributed by atoms with Crippen LogP contribution in [0.3, 0.4) is 0 Å². The minimum atomic E-state index is -3.57. The molecule has 2 aromatic rings. The Hall–Kier alpha value is -3.47. The smallest absolute Gasteiger partial charge is 0.243 e. The third-order valence-corrected chi connectivity index (χ3v) is 11.6. The average molecular weight is 626 g/mol. The fraction of sp³-hybridized carbons (Fsp3) is 0.576. The first-order valence-corrected chi connectivity index (χ1v) is 16.9. The number of hydrogen-bond donors (Lipinski definition) is 1. The SMILES string of the molecule is C=C[C@@H]1C[C@]1(NC(=O)[C@@H]1C[C@@H](Oc2ncc(OC)c3ccc(C)cc23)CN1C(=O)[C@@H](C)C(C)(C)C)C(=O)CS(=O)(=O)C1CC1. The van der Waals surface area contributed by atoms with Gasteiger partial charge in [-0.3, -0.25) is 14.4 Å². The van der Waals surface area contributed by atoms with E-state index < -0.39 is 56.1 Å². The Morgan fingerprint density at radius 1 is 1.23 bits per heavy atom. The van der Waals surface area contributed by atoms with Crippen LogP contribution < -0.4 is 14.8 Å². The summed E-state index contributed by atoms with van der Waals surface area (Å²) in [5.74, 6) is -1.64. The van der Waals surface area contributed by atoms with Crippen molar-refractivity contribution in [2.75, 3.05) is 19.4 Å². The number of benzene rings is 1. The van der Waals surface area contributed by atoms with Gasteiger partial charge < -0.3 is 19.7 Å². The number of nitrogens with zero attached hydrogens (tertiary/aromatic N) is 2. The van der Waals surface area contributed by atoms with Crippen LogP contribution in [0.25, 0.3) is 10.8 Å². The number of likely N-dealkylation sites (tertiary alicyclic amines) is 1. The maximum Gasteiger partial charge on any atom is 0.243 e. The number of rotatable bonds is 11. The van der Waals surface area contributed by atoms with E-state index in [4.69, 9.17) is 9.47 Å². The van der Waals surface area contributed by atoms with E-state index in [9.17, 15) is 22.8 Å². The molecule has 2 amide bonds. The average Bonchev–Trinajstić information content (AvgIpc) is 3.88. The lowest BCUT2D eigenvalue weighted by atomic mass is 9.81. The van der Waals surface area contributed by atoms with Crippen LogP contribution in [0, 0.1) is 24.2 Å². The second-order valence-electron chi connectivity index (χ2n) is 13.7. The number of hydrogen-bond acceptors (Lipinski definition) is 8. The van der Waals surface area contributed by atoms with Crippen molar-refractivity contribution in [3.05, 3.63) is 42.6 Å². The highest BCUT2D eigenvalue weighted by Gasteiger charge is 2.61. The summed E-state index contributed by atoms with van der Waals surface area (Å²) in [6.45, 7) is 13.7. The van der Waals surface area contributed by atoms with Gasteiger partial charge in [-0.05, 0) is 37.7 Å². The molecule has 44 heavy (non-hydrogen) atoms. The number of Topliss-reactive ketones (excluding diaryl/α,β-unsaturated/α-hetero) is 1. The highest BCUT2D eigenvalue weighted by Crippen LogP contribution is 2.46. The molecular weight excluding hydrogens is 582 g/mol. The van der Waals surface area contributed by atoms with E-state index in [1.165, 1.54) is 4.90 Å². The van der Waals surface area contributed by atoms with Crippen molar-refractivity contribution < 1.29 is 32.3 Å². The molecule has 1 aromatic carbocycles. The zero-order chi connectivity index (χ0) is 32.2. The van der Waals surface area contributed by atoms with Gasteiger partial charge in [-0.15, -0.1) is 6.58 Å². The number of carbonyl (C=O) groups excluding carboxylic acids is 3. The summed E-state index contributed by atoms with van der Waals surface area (Å²) in [6, 6.07) is 4.95. The van der Waals surface area contributed by atoms with Crippen molar-refractivity contribution >= 4 is 38.2 Å². The van der Waals surface area contributed by atoms with Crippen molar-refractivity contribution in [3.63, 3.8) is 0 Å². The van der Waals surface area contributed by atoms with E-state index in [1.807, 2.05) is 52.8 Å². The van der Waals surface area contributed by atoms with Crippen molar-refractivity contribution in [1.82, 2.24) is 15.2 Å². The Bertz CT molecular complexity index is 1610. The number of sulfone groups is 1. The number of nitrogens with one attached hydrogen (secondary N) is 1. The largest absolute Gasteiger partial charge is 0.494 e. The van der Waals surface area contributed by atoms with Gasteiger partial charge in [0.25, 0.3) is 0 Å². The van der Waals surface area contributed by atoms with Gasteiger partial charge >= 0.3 is 0 Å². The van der Waals surface area contributed by atoms with Crippen LogP contribution in [0.5, 0.6) is 11.6 Å². The Kier molecular flexibility index (Phi) is 8.33. The van der Waals surface area contributed by atoms with E-state index in [-0.39, 0.29) is 36.6 Å². The van der Waals surface area contributed by atoms with Gasteiger partial charge in [-0.25, -0.2) is 13.4 Å². The number of aromatic nitrogens is 1. The number of aryl methyl sites for hydroxylation is 1. The molecule has 0 radical (unpaired) electrons. The van der Waals surface area contributed by atoms with Crippen molar-refractivity contribution in [2.24, 2.45) is 17.3 Å². The molecule has 0 bridgehead atoms. The zero-order valence-electron chi connectivity index (χ0n) is 26.4. The van der Waals surface area contributed by atoms with Crippen LogP contribution in [0.15, 0.2) is 37.1 Å². The van der Waals surface area contributed by atoms with Crippen molar-refractivity contribution in [1.29, 1.82) is 0 Å². The van der Waals surface area contributed by atoms with Gasteiger partial charge in [0, 0.05) is 29.0 Å². The lowest BCUT2D eigenvalue weighted by Crippen LogP contribution is -2.55. The summed E-state index contributed by atoms with van der Waals surface area (Å²) in [7, 11) is -2.00. The number of methoxy groups -OCH3 is 1. The fourth-order valence-corrected chi connectivity index (χ4v) is 7.69. The van der Waals surface area contributed by atoms with Crippen LogP contribution in [-0.2, 0) is 24.2 Å². The normalized spacial score (nSPS) is 25.8. The summed E-state index contributed by atoms with van der Waals surface area (Å²) < 4.78 is 37.2. The predicted octanol–water partition coefficient (Wildman–Crippen LogP) is 3.79. The van der Waals surface area contributed by atoms with Gasteiger partial charge in [-0.1, -0.05) is 51.5 Å². The third kappa shape index (κ3) is 6.07. The number of pyridine rings is 1. The molecule has 2 saturated carbocycles.